The number of benzene rings is 2. The Morgan fingerprint density at radius 1 is 0.917 bits per heavy atom. The summed E-state index contributed by atoms with van der Waals surface area (Å²) >= 11 is 12.2. The van der Waals surface area contributed by atoms with Crippen LogP contribution in [0.4, 0.5) is 5.69 Å². The van der Waals surface area contributed by atoms with Crippen LogP contribution in [-0.4, -0.2) is 35.2 Å². The van der Waals surface area contributed by atoms with Gasteiger partial charge in [-0.1, -0.05) is 35.3 Å². The van der Waals surface area contributed by atoms with Gasteiger partial charge in [0, 0.05) is 16.6 Å². The van der Waals surface area contributed by atoms with Gasteiger partial charge in [-0.2, -0.15) is 0 Å². The van der Waals surface area contributed by atoms with E-state index in [4.69, 9.17) is 23.2 Å². The van der Waals surface area contributed by atoms with Crippen LogP contribution in [0.3, 0.4) is 0 Å². The Hall–Kier alpha value is -2.37. The first-order valence-electron chi connectivity index (χ1n) is 13.0. The molecule has 1 atom stereocenters. The van der Waals surface area contributed by atoms with Crippen molar-refractivity contribution in [1.82, 2.24) is 4.90 Å². The standard InChI is InChI=1S/C29H30Cl2N2O3/c30-22-4-6-24(7-5-22)33-26(34)14-25(27(33)35)32(9-8-18-2-1-3-23(31)13-18)28(36)29-15-19-10-20(16-29)12-21(11-19)17-29/h1-7,13,19-21,25H,8-12,14-17H2. The van der Waals surface area contributed by atoms with Gasteiger partial charge in [-0.05, 0) is 105 Å². The second-order valence-corrected chi connectivity index (χ2v) is 12.2. The molecule has 4 aliphatic carbocycles. The molecular formula is C29H30Cl2N2O3. The first kappa shape index (κ1) is 24.0. The zero-order chi connectivity index (χ0) is 25.0. The third kappa shape index (κ3) is 4.24. The second-order valence-electron chi connectivity index (χ2n) is 11.3. The largest absolute Gasteiger partial charge is 0.329 e. The number of anilines is 1. The lowest BCUT2D eigenvalue weighted by Crippen LogP contribution is -2.58. The van der Waals surface area contributed by atoms with Crippen molar-refractivity contribution >= 4 is 46.6 Å². The molecule has 0 N–H and O–H groups in total. The zero-order valence-corrected chi connectivity index (χ0v) is 21.7. The van der Waals surface area contributed by atoms with Gasteiger partial charge in [-0.3, -0.25) is 14.4 Å². The summed E-state index contributed by atoms with van der Waals surface area (Å²) < 4.78 is 0. The van der Waals surface area contributed by atoms with E-state index in [-0.39, 0.29) is 29.6 Å². The third-order valence-corrected chi connectivity index (χ3v) is 9.35. The summed E-state index contributed by atoms with van der Waals surface area (Å²) in [6, 6.07) is 13.5. The lowest BCUT2D eigenvalue weighted by atomic mass is 9.49. The van der Waals surface area contributed by atoms with Crippen LogP contribution in [0.15, 0.2) is 48.5 Å². The molecule has 1 saturated heterocycles. The maximum atomic E-state index is 14.4. The Kier molecular flexibility index (Phi) is 6.12. The number of hydrogen-bond acceptors (Lipinski definition) is 3. The molecular weight excluding hydrogens is 495 g/mol. The minimum atomic E-state index is -0.784. The second kappa shape index (κ2) is 9.18. The van der Waals surface area contributed by atoms with Crippen molar-refractivity contribution in [1.29, 1.82) is 0 Å². The first-order valence-corrected chi connectivity index (χ1v) is 13.7. The van der Waals surface area contributed by atoms with Gasteiger partial charge >= 0.3 is 0 Å². The molecule has 1 unspecified atom stereocenters. The van der Waals surface area contributed by atoms with E-state index in [2.05, 4.69) is 0 Å². The van der Waals surface area contributed by atoms with Gasteiger partial charge in [0.1, 0.15) is 6.04 Å². The predicted octanol–water partition coefficient (Wildman–Crippen LogP) is 5.91. The van der Waals surface area contributed by atoms with Crippen LogP contribution in [0.25, 0.3) is 0 Å². The average molecular weight is 525 g/mol. The van der Waals surface area contributed by atoms with Gasteiger partial charge < -0.3 is 4.90 Å². The van der Waals surface area contributed by atoms with Crippen LogP contribution < -0.4 is 4.90 Å². The highest BCUT2D eigenvalue weighted by Gasteiger charge is 2.57. The predicted molar refractivity (Wildman–Crippen MR) is 140 cm³/mol. The van der Waals surface area contributed by atoms with Crippen molar-refractivity contribution in [3.05, 3.63) is 64.1 Å². The van der Waals surface area contributed by atoms with E-state index in [1.54, 1.807) is 29.2 Å². The summed E-state index contributed by atoms with van der Waals surface area (Å²) in [6.07, 6.45) is 7.05. The van der Waals surface area contributed by atoms with Crippen LogP contribution in [0.5, 0.6) is 0 Å². The number of imide groups is 1. The number of halogens is 2. The van der Waals surface area contributed by atoms with Crippen molar-refractivity contribution in [2.75, 3.05) is 11.4 Å². The molecule has 1 heterocycles. The van der Waals surface area contributed by atoms with Crippen LogP contribution in [-0.2, 0) is 20.8 Å². The highest BCUT2D eigenvalue weighted by atomic mass is 35.5. The Morgan fingerprint density at radius 2 is 1.56 bits per heavy atom. The fourth-order valence-corrected chi connectivity index (χ4v) is 8.08. The normalized spacial score (nSPS) is 30.8. The number of amides is 3. The van der Waals surface area contributed by atoms with E-state index in [1.165, 1.54) is 24.2 Å². The van der Waals surface area contributed by atoms with E-state index in [9.17, 15) is 14.4 Å². The smallest absolute Gasteiger partial charge is 0.257 e. The van der Waals surface area contributed by atoms with Crippen LogP contribution in [0.2, 0.25) is 10.0 Å². The molecule has 1 aliphatic heterocycles. The van der Waals surface area contributed by atoms with Crippen molar-refractivity contribution in [2.24, 2.45) is 23.2 Å². The number of nitrogens with zero attached hydrogens (tertiary/aromatic N) is 2. The minimum Gasteiger partial charge on any atom is -0.329 e. The first-order chi connectivity index (χ1) is 17.3. The SMILES string of the molecule is O=C1CC(N(CCc2cccc(Cl)c2)C(=O)C23CC4CC(CC(C4)C2)C3)C(=O)N1c1ccc(Cl)cc1. The van der Waals surface area contributed by atoms with E-state index in [0.717, 1.165) is 24.8 Å². The Bertz CT molecular complexity index is 1180. The number of hydrogen-bond donors (Lipinski definition) is 0. The summed E-state index contributed by atoms with van der Waals surface area (Å²) in [6.45, 7) is 0.388. The number of carbonyl (C=O) groups excluding carboxylic acids is 3. The Labute approximate surface area is 221 Å². The minimum absolute atomic E-state index is 0.00904. The van der Waals surface area contributed by atoms with Gasteiger partial charge in [0.2, 0.25) is 11.8 Å². The zero-order valence-electron chi connectivity index (χ0n) is 20.2. The van der Waals surface area contributed by atoms with E-state index in [1.807, 2.05) is 24.3 Å². The molecule has 36 heavy (non-hydrogen) atoms. The van der Waals surface area contributed by atoms with Gasteiger partial charge in [-0.25, -0.2) is 4.90 Å². The maximum absolute atomic E-state index is 14.4. The monoisotopic (exact) mass is 524 g/mol. The Balaban J connectivity index is 1.31. The summed E-state index contributed by atoms with van der Waals surface area (Å²) in [5, 5.41) is 1.18. The molecule has 5 nitrogen and oxygen atoms in total. The average Bonchev–Trinajstić information content (AvgIpc) is 3.12. The molecule has 2 aromatic carbocycles. The van der Waals surface area contributed by atoms with Crippen LogP contribution in [0, 0.1) is 23.2 Å². The molecule has 0 spiro atoms. The number of carbonyl (C=O) groups is 3. The van der Waals surface area contributed by atoms with Crippen molar-refractivity contribution < 1.29 is 14.4 Å². The number of rotatable bonds is 6. The van der Waals surface area contributed by atoms with E-state index >= 15 is 0 Å². The van der Waals surface area contributed by atoms with Crippen LogP contribution in [0.1, 0.15) is 50.5 Å². The summed E-state index contributed by atoms with van der Waals surface area (Å²) in [4.78, 5) is 44.2. The fourth-order valence-electron chi connectivity index (χ4n) is 7.74. The van der Waals surface area contributed by atoms with Gasteiger partial charge in [0.15, 0.2) is 0 Å². The maximum Gasteiger partial charge on any atom is 0.257 e. The molecule has 7 heteroatoms. The topological polar surface area (TPSA) is 57.7 Å². The molecule has 2 aromatic rings. The molecule has 3 amide bonds. The molecule has 0 radical (unpaired) electrons. The van der Waals surface area contributed by atoms with Crippen molar-refractivity contribution in [2.45, 2.75) is 57.4 Å². The van der Waals surface area contributed by atoms with Gasteiger partial charge in [-0.15, -0.1) is 0 Å². The summed E-state index contributed by atoms with van der Waals surface area (Å²) in [5.41, 5.74) is 1.12. The van der Waals surface area contributed by atoms with Gasteiger partial charge in [0.05, 0.1) is 17.5 Å². The summed E-state index contributed by atoms with van der Waals surface area (Å²) in [7, 11) is 0. The van der Waals surface area contributed by atoms with Crippen molar-refractivity contribution in [3.63, 3.8) is 0 Å². The van der Waals surface area contributed by atoms with E-state index in [0.29, 0.717) is 46.5 Å². The van der Waals surface area contributed by atoms with Crippen molar-refractivity contribution in [3.8, 4) is 0 Å². The lowest BCUT2D eigenvalue weighted by molar-refractivity contribution is -0.161. The lowest BCUT2D eigenvalue weighted by Gasteiger charge is -2.57. The molecule has 7 rings (SSSR count). The molecule has 0 aromatic heterocycles. The Morgan fingerprint density at radius 3 is 2.17 bits per heavy atom. The highest BCUT2D eigenvalue weighted by molar-refractivity contribution is 6.31. The van der Waals surface area contributed by atoms with Gasteiger partial charge in [0.25, 0.3) is 5.91 Å². The molecule has 188 valence electrons. The molecule has 5 aliphatic rings. The molecule has 5 fully saturated rings. The summed E-state index contributed by atoms with van der Waals surface area (Å²) in [5.74, 6) is 1.31. The molecule has 4 bridgehead atoms. The highest BCUT2D eigenvalue weighted by Crippen LogP contribution is 2.60. The van der Waals surface area contributed by atoms with Crippen LogP contribution >= 0.6 is 23.2 Å². The fraction of sp³-hybridized carbons (Fsp3) is 0.483. The quantitative estimate of drug-likeness (QED) is 0.441. The third-order valence-electron chi connectivity index (χ3n) is 8.87. The van der Waals surface area contributed by atoms with E-state index < -0.39 is 6.04 Å². The molecule has 4 saturated carbocycles.